The summed E-state index contributed by atoms with van der Waals surface area (Å²) in [7, 11) is 0. The number of nitrogens with zero attached hydrogens (tertiary/aromatic N) is 1. The Morgan fingerprint density at radius 3 is 2.68 bits per heavy atom. The van der Waals surface area contributed by atoms with Gasteiger partial charge in [0.05, 0.1) is 0 Å². The summed E-state index contributed by atoms with van der Waals surface area (Å²) >= 11 is 0. The number of carbonyl (C=O) groups is 1. The molecular weight excluding hydrogens is 348 g/mol. The van der Waals surface area contributed by atoms with Crippen LogP contribution in [0, 0.1) is 13.8 Å². The van der Waals surface area contributed by atoms with Crippen LogP contribution in [-0.4, -0.2) is 31.6 Å². The molecule has 150 valence electrons. The van der Waals surface area contributed by atoms with Crippen LogP contribution in [0.5, 0.6) is 5.75 Å². The molecule has 4 heteroatoms. The predicted molar refractivity (Wildman–Crippen MR) is 115 cm³/mol. The van der Waals surface area contributed by atoms with Crippen molar-refractivity contribution in [3.8, 4) is 5.75 Å². The molecule has 1 N–H and O–H groups in total. The number of amides is 1. The summed E-state index contributed by atoms with van der Waals surface area (Å²) < 4.78 is 5.96. The van der Waals surface area contributed by atoms with E-state index in [-0.39, 0.29) is 5.91 Å². The Morgan fingerprint density at radius 1 is 1.18 bits per heavy atom. The van der Waals surface area contributed by atoms with Gasteiger partial charge in [-0.15, -0.1) is 0 Å². The lowest BCUT2D eigenvalue weighted by atomic mass is 10.0. The highest BCUT2D eigenvalue weighted by Crippen LogP contribution is 2.26. The third-order valence-corrected chi connectivity index (χ3v) is 5.25. The number of nitrogens with one attached hydrogen (secondary N) is 1. The van der Waals surface area contributed by atoms with Crippen LogP contribution < -0.4 is 15.0 Å². The monoisotopic (exact) mass is 380 g/mol. The number of fused-ring (bicyclic) bond motifs is 1. The van der Waals surface area contributed by atoms with E-state index in [4.69, 9.17) is 4.74 Å². The maximum Gasteiger partial charge on any atom is 0.261 e. The van der Waals surface area contributed by atoms with Crippen molar-refractivity contribution in [2.45, 2.75) is 52.6 Å². The van der Waals surface area contributed by atoms with E-state index in [1.165, 1.54) is 17.7 Å². The molecule has 0 fully saturated rings. The molecule has 0 bridgehead atoms. The van der Waals surface area contributed by atoms with E-state index in [0.29, 0.717) is 13.0 Å². The zero-order valence-electron chi connectivity index (χ0n) is 17.3. The van der Waals surface area contributed by atoms with Crippen LogP contribution in [0.15, 0.2) is 42.5 Å². The van der Waals surface area contributed by atoms with Crippen molar-refractivity contribution < 1.29 is 9.53 Å². The molecule has 1 atom stereocenters. The second-order valence-corrected chi connectivity index (χ2v) is 7.70. The van der Waals surface area contributed by atoms with Crippen molar-refractivity contribution in [2.75, 3.05) is 24.5 Å². The smallest absolute Gasteiger partial charge is 0.261 e. The number of hydrogen-bond donors (Lipinski definition) is 1. The molecule has 0 aliphatic carbocycles. The average Bonchev–Trinajstić information content (AvgIpc) is 2.68. The van der Waals surface area contributed by atoms with Crippen molar-refractivity contribution in [1.29, 1.82) is 0 Å². The van der Waals surface area contributed by atoms with Crippen molar-refractivity contribution in [3.05, 3.63) is 59.2 Å². The first kappa shape index (κ1) is 20.2. The molecule has 0 radical (unpaired) electrons. The fourth-order valence-corrected chi connectivity index (χ4v) is 3.93. The molecule has 3 rings (SSSR count). The van der Waals surface area contributed by atoms with Crippen LogP contribution in [0.25, 0.3) is 0 Å². The molecule has 2 aromatic carbocycles. The van der Waals surface area contributed by atoms with E-state index in [1.807, 2.05) is 32.9 Å². The Balaban J connectivity index is 1.47. The molecule has 0 saturated carbocycles. The molecule has 0 aromatic heterocycles. The van der Waals surface area contributed by atoms with Gasteiger partial charge >= 0.3 is 0 Å². The minimum Gasteiger partial charge on any atom is -0.481 e. The third kappa shape index (κ3) is 5.28. The Labute approximate surface area is 168 Å². The summed E-state index contributed by atoms with van der Waals surface area (Å²) in [5, 5.41) is 3.06. The van der Waals surface area contributed by atoms with E-state index >= 15 is 0 Å². The van der Waals surface area contributed by atoms with Crippen LogP contribution in [-0.2, 0) is 11.2 Å². The van der Waals surface area contributed by atoms with Gasteiger partial charge in [0.2, 0.25) is 0 Å². The number of ether oxygens (including phenoxy) is 1. The van der Waals surface area contributed by atoms with Crippen LogP contribution >= 0.6 is 0 Å². The van der Waals surface area contributed by atoms with Crippen LogP contribution in [0.3, 0.4) is 0 Å². The Bertz CT molecular complexity index is 783. The van der Waals surface area contributed by atoms with E-state index in [0.717, 1.165) is 42.8 Å². The summed E-state index contributed by atoms with van der Waals surface area (Å²) in [6, 6.07) is 14.7. The average molecular weight is 381 g/mol. The second-order valence-electron chi connectivity index (χ2n) is 7.70. The highest BCUT2D eigenvalue weighted by molar-refractivity contribution is 5.81. The van der Waals surface area contributed by atoms with Gasteiger partial charge < -0.3 is 15.0 Å². The van der Waals surface area contributed by atoms with Crippen molar-refractivity contribution in [1.82, 2.24) is 5.32 Å². The van der Waals surface area contributed by atoms with E-state index in [2.05, 4.69) is 40.5 Å². The minimum absolute atomic E-state index is 0.0271. The summed E-state index contributed by atoms with van der Waals surface area (Å²) in [6.45, 7) is 8.80. The summed E-state index contributed by atoms with van der Waals surface area (Å²) in [5.74, 6) is 0.741. The second kappa shape index (κ2) is 9.63. The number of para-hydroxylation sites is 1. The Morgan fingerprint density at radius 2 is 1.93 bits per heavy atom. The molecule has 1 heterocycles. The largest absolute Gasteiger partial charge is 0.481 e. The molecular formula is C24H32N2O2. The van der Waals surface area contributed by atoms with Gasteiger partial charge in [0.1, 0.15) is 5.75 Å². The first-order chi connectivity index (χ1) is 13.6. The number of hydrogen-bond acceptors (Lipinski definition) is 3. The molecule has 1 amide bonds. The SMILES string of the molecule is CCC(Oc1cc(C)cc(C)c1)C(=O)NCCCN1CCCc2ccccc21. The highest BCUT2D eigenvalue weighted by atomic mass is 16.5. The summed E-state index contributed by atoms with van der Waals surface area (Å²) in [5.41, 5.74) is 5.08. The van der Waals surface area contributed by atoms with Gasteiger partial charge in [-0.1, -0.05) is 31.2 Å². The maximum absolute atomic E-state index is 12.5. The van der Waals surface area contributed by atoms with Crippen molar-refractivity contribution in [2.24, 2.45) is 0 Å². The zero-order valence-corrected chi connectivity index (χ0v) is 17.3. The number of aryl methyl sites for hydroxylation is 3. The lowest BCUT2D eigenvalue weighted by Crippen LogP contribution is -2.39. The molecule has 4 nitrogen and oxygen atoms in total. The van der Waals surface area contributed by atoms with E-state index in [1.54, 1.807) is 0 Å². The zero-order chi connectivity index (χ0) is 19.9. The lowest BCUT2D eigenvalue weighted by molar-refractivity contribution is -0.128. The van der Waals surface area contributed by atoms with Gasteiger partial charge in [-0.25, -0.2) is 0 Å². The predicted octanol–water partition coefficient (Wildman–Crippen LogP) is 4.42. The molecule has 1 unspecified atom stereocenters. The van der Waals surface area contributed by atoms with Gasteiger partial charge in [-0.05, 0) is 74.4 Å². The van der Waals surface area contributed by atoms with Gasteiger partial charge in [0.25, 0.3) is 5.91 Å². The maximum atomic E-state index is 12.5. The number of anilines is 1. The molecule has 1 aliphatic heterocycles. The minimum atomic E-state index is -0.447. The Kier molecular flexibility index (Phi) is 6.96. The first-order valence-corrected chi connectivity index (χ1v) is 10.4. The Hall–Kier alpha value is -2.49. The van der Waals surface area contributed by atoms with Crippen LogP contribution in [0.2, 0.25) is 0 Å². The molecule has 0 spiro atoms. The topological polar surface area (TPSA) is 41.6 Å². The fraction of sp³-hybridized carbons (Fsp3) is 0.458. The van der Waals surface area contributed by atoms with E-state index in [9.17, 15) is 4.79 Å². The lowest BCUT2D eigenvalue weighted by Gasteiger charge is -2.31. The number of carbonyl (C=O) groups excluding carboxylic acids is 1. The van der Waals surface area contributed by atoms with Gasteiger partial charge in [0.15, 0.2) is 6.10 Å². The van der Waals surface area contributed by atoms with E-state index < -0.39 is 6.10 Å². The molecule has 28 heavy (non-hydrogen) atoms. The van der Waals surface area contributed by atoms with Crippen molar-refractivity contribution in [3.63, 3.8) is 0 Å². The van der Waals surface area contributed by atoms with Gasteiger partial charge in [-0.3, -0.25) is 4.79 Å². The highest BCUT2D eigenvalue weighted by Gasteiger charge is 2.19. The third-order valence-electron chi connectivity index (χ3n) is 5.25. The van der Waals surface area contributed by atoms with Gasteiger partial charge in [-0.2, -0.15) is 0 Å². The normalized spacial score (nSPS) is 14.3. The fourth-order valence-electron chi connectivity index (χ4n) is 3.93. The molecule has 1 aliphatic rings. The van der Waals surface area contributed by atoms with Crippen LogP contribution in [0.1, 0.15) is 42.9 Å². The van der Waals surface area contributed by atoms with Gasteiger partial charge in [0, 0.05) is 25.3 Å². The van der Waals surface area contributed by atoms with Crippen LogP contribution in [0.4, 0.5) is 5.69 Å². The first-order valence-electron chi connectivity index (χ1n) is 10.4. The molecule has 0 saturated heterocycles. The number of rotatable bonds is 8. The summed E-state index contributed by atoms with van der Waals surface area (Å²) in [6.07, 6.45) is 3.50. The number of benzene rings is 2. The quantitative estimate of drug-likeness (QED) is 0.689. The standard InChI is InChI=1S/C24H32N2O2/c1-4-23(28-21-16-18(2)15-19(3)17-21)24(27)25-12-8-14-26-13-7-10-20-9-5-6-11-22(20)26/h5-6,9,11,15-17,23H,4,7-8,10,12-14H2,1-3H3,(H,25,27). The molecule has 2 aromatic rings. The van der Waals surface area contributed by atoms with Crippen molar-refractivity contribution >= 4 is 11.6 Å². The summed E-state index contributed by atoms with van der Waals surface area (Å²) in [4.78, 5) is 15.0.